The summed E-state index contributed by atoms with van der Waals surface area (Å²) in [6.07, 6.45) is 0.703. The van der Waals surface area contributed by atoms with Gasteiger partial charge in [-0.15, -0.1) is 12.4 Å². The highest BCUT2D eigenvalue weighted by molar-refractivity contribution is 5.94. The van der Waals surface area contributed by atoms with E-state index in [2.05, 4.69) is 5.32 Å². The average molecular weight is 275 g/mol. The zero-order valence-electron chi connectivity index (χ0n) is 9.59. The molecule has 0 radical (unpaired) electrons. The van der Waals surface area contributed by atoms with Crippen LogP contribution < -0.4 is 16.8 Å². The van der Waals surface area contributed by atoms with Gasteiger partial charge in [0.25, 0.3) is 5.69 Å². The molecule has 0 aromatic heterocycles. The summed E-state index contributed by atoms with van der Waals surface area (Å²) in [5.41, 5.74) is 10.7. The lowest BCUT2D eigenvalue weighted by atomic mass is 10.1. The van der Waals surface area contributed by atoms with Crippen LogP contribution in [0.3, 0.4) is 0 Å². The quantitative estimate of drug-likeness (QED) is 0.403. The Bertz CT molecular complexity index is 439. The second-order valence-electron chi connectivity index (χ2n) is 3.42. The number of halogens is 1. The third-order valence-electron chi connectivity index (χ3n) is 2.18. The second-order valence-corrected chi connectivity index (χ2v) is 3.42. The molecule has 0 spiro atoms. The van der Waals surface area contributed by atoms with Crippen molar-refractivity contribution in [1.29, 1.82) is 0 Å². The number of primary amides is 1. The first-order valence-electron chi connectivity index (χ1n) is 5.08. The fourth-order valence-corrected chi connectivity index (χ4v) is 1.31. The Balaban J connectivity index is 0.00000289. The van der Waals surface area contributed by atoms with Crippen LogP contribution in [0.4, 0.5) is 11.4 Å². The molecule has 0 atom stereocenters. The summed E-state index contributed by atoms with van der Waals surface area (Å²) >= 11 is 0. The number of benzene rings is 1. The van der Waals surface area contributed by atoms with Crippen LogP contribution in [0.15, 0.2) is 18.2 Å². The average Bonchev–Trinajstić information content (AvgIpc) is 2.29. The fourth-order valence-electron chi connectivity index (χ4n) is 1.31. The van der Waals surface area contributed by atoms with Crippen molar-refractivity contribution in [2.24, 2.45) is 11.5 Å². The highest BCUT2D eigenvalue weighted by Gasteiger charge is 2.15. The van der Waals surface area contributed by atoms with Gasteiger partial charge in [-0.3, -0.25) is 14.9 Å². The van der Waals surface area contributed by atoms with Crippen LogP contribution >= 0.6 is 12.4 Å². The van der Waals surface area contributed by atoms with Crippen molar-refractivity contribution in [3.05, 3.63) is 33.9 Å². The normalized spacial score (nSPS) is 9.39. The molecule has 18 heavy (non-hydrogen) atoms. The van der Waals surface area contributed by atoms with Crippen LogP contribution in [-0.4, -0.2) is 23.9 Å². The molecule has 100 valence electrons. The molecule has 0 aliphatic heterocycles. The van der Waals surface area contributed by atoms with E-state index in [1.807, 2.05) is 0 Å². The highest BCUT2D eigenvalue weighted by atomic mass is 35.5. The van der Waals surface area contributed by atoms with Crippen LogP contribution in [-0.2, 0) is 0 Å². The number of nitro benzene ring substituents is 1. The van der Waals surface area contributed by atoms with Gasteiger partial charge in [-0.25, -0.2) is 0 Å². The molecule has 0 saturated carbocycles. The summed E-state index contributed by atoms with van der Waals surface area (Å²) in [7, 11) is 0. The first kappa shape index (κ1) is 16.1. The molecule has 5 N–H and O–H groups in total. The number of nitro groups is 1. The number of carbonyl (C=O) groups is 1. The molecular formula is C10H15ClN4O3. The lowest BCUT2D eigenvalue weighted by Gasteiger charge is -2.06. The molecule has 0 heterocycles. The van der Waals surface area contributed by atoms with Gasteiger partial charge in [-0.2, -0.15) is 0 Å². The second kappa shape index (κ2) is 7.46. The van der Waals surface area contributed by atoms with Gasteiger partial charge in [0, 0.05) is 18.2 Å². The summed E-state index contributed by atoms with van der Waals surface area (Å²) in [5.74, 6) is -0.693. The minimum Gasteiger partial charge on any atom is -0.379 e. The first-order chi connectivity index (χ1) is 8.06. The molecular weight excluding hydrogens is 260 g/mol. The van der Waals surface area contributed by atoms with Crippen LogP contribution in [0, 0.1) is 10.1 Å². The van der Waals surface area contributed by atoms with Gasteiger partial charge in [-0.1, -0.05) is 0 Å². The van der Waals surface area contributed by atoms with E-state index in [1.165, 1.54) is 12.1 Å². The molecule has 7 nitrogen and oxygen atoms in total. The van der Waals surface area contributed by atoms with Crippen molar-refractivity contribution in [1.82, 2.24) is 0 Å². The van der Waals surface area contributed by atoms with Gasteiger partial charge in [0.2, 0.25) is 5.91 Å². The van der Waals surface area contributed by atoms with Crippen molar-refractivity contribution in [2.75, 3.05) is 18.4 Å². The SMILES string of the molecule is Cl.NCCCNc1ccc(C(N)=O)cc1[N+](=O)[O-]. The largest absolute Gasteiger partial charge is 0.379 e. The monoisotopic (exact) mass is 274 g/mol. The van der Waals surface area contributed by atoms with Crippen LogP contribution in [0.2, 0.25) is 0 Å². The number of nitrogens with one attached hydrogen (secondary N) is 1. The molecule has 1 aromatic rings. The van der Waals surface area contributed by atoms with Gasteiger partial charge in [0.15, 0.2) is 0 Å². The zero-order valence-corrected chi connectivity index (χ0v) is 10.4. The summed E-state index contributed by atoms with van der Waals surface area (Å²) in [4.78, 5) is 21.2. The number of anilines is 1. The first-order valence-corrected chi connectivity index (χ1v) is 5.08. The Morgan fingerprint density at radius 3 is 2.61 bits per heavy atom. The smallest absolute Gasteiger partial charge is 0.293 e. The number of nitrogens with zero attached hydrogens (tertiary/aromatic N) is 1. The lowest BCUT2D eigenvalue weighted by Crippen LogP contribution is -2.13. The summed E-state index contributed by atoms with van der Waals surface area (Å²) in [6.45, 7) is 1.04. The van der Waals surface area contributed by atoms with E-state index < -0.39 is 10.8 Å². The van der Waals surface area contributed by atoms with E-state index in [0.29, 0.717) is 25.2 Å². The topological polar surface area (TPSA) is 124 Å². The van der Waals surface area contributed by atoms with E-state index in [-0.39, 0.29) is 23.7 Å². The molecule has 1 aromatic carbocycles. The maximum atomic E-state index is 10.9. The third-order valence-corrected chi connectivity index (χ3v) is 2.18. The van der Waals surface area contributed by atoms with E-state index in [0.717, 1.165) is 6.07 Å². The van der Waals surface area contributed by atoms with Crippen LogP contribution in [0.1, 0.15) is 16.8 Å². The predicted octanol–water partition coefficient (Wildman–Crippen LogP) is 0.876. The van der Waals surface area contributed by atoms with Crippen molar-refractivity contribution in [3.8, 4) is 0 Å². The zero-order chi connectivity index (χ0) is 12.8. The van der Waals surface area contributed by atoms with Gasteiger partial charge in [0.05, 0.1) is 4.92 Å². The maximum absolute atomic E-state index is 10.9. The van der Waals surface area contributed by atoms with E-state index in [4.69, 9.17) is 11.5 Å². The molecule has 0 aliphatic carbocycles. The van der Waals surface area contributed by atoms with Gasteiger partial charge in [0.1, 0.15) is 5.69 Å². The molecule has 0 fully saturated rings. The van der Waals surface area contributed by atoms with Crippen molar-refractivity contribution >= 4 is 29.7 Å². The number of amides is 1. The molecule has 8 heteroatoms. The van der Waals surface area contributed by atoms with Crippen LogP contribution in [0.25, 0.3) is 0 Å². The third kappa shape index (κ3) is 4.19. The number of rotatable bonds is 6. The Kier molecular flexibility index (Phi) is 6.69. The number of hydrogen-bond acceptors (Lipinski definition) is 5. The molecule has 1 rings (SSSR count). The van der Waals surface area contributed by atoms with E-state index in [1.54, 1.807) is 0 Å². The predicted molar refractivity (Wildman–Crippen MR) is 71.0 cm³/mol. The maximum Gasteiger partial charge on any atom is 0.293 e. The highest BCUT2D eigenvalue weighted by Crippen LogP contribution is 2.25. The summed E-state index contributed by atoms with van der Waals surface area (Å²) < 4.78 is 0. The Labute approximate surface area is 110 Å². The summed E-state index contributed by atoms with van der Waals surface area (Å²) in [6, 6.07) is 4.07. The minimum atomic E-state index is -0.693. The Morgan fingerprint density at radius 2 is 2.11 bits per heavy atom. The van der Waals surface area contributed by atoms with Gasteiger partial charge in [-0.05, 0) is 25.1 Å². The molecule has 1 amide bonds. The van der Waals surface area contributed by atoms with Gasteiger partial charge >= 0.3 is 0 Å². The number of nitrogens with two attached hydrogens (primary N) is 2. The molecule has 0 unspecified atom stereocenters. The van der Waals surface area contributed by atoms with Gasteiger partial charge < -0.3 is 16.8 Å². The molecule has 0 bridgehead atoms. The van der Waals surface area contributed by atoms with Crippen LogP contribution in [0.5, 0.6) is 0 Å². The fraction of sp³-hybridized carbons (Fsp3) is 0.300. The minimum absolute atomic E-state index is 0. The summed E-state index contributed by atoms with van der Waals surface area (Å²) in [5, 5.41) is 13.7. The Morgan fingerprint density at radius 1 is 1.44 bits per heavy atom. The number of hydrogen-bond donors (Lipinski definition) is 3. The molecule has 0 saturated heterocycles. The van der Waals surface area contributed by atoms with Crippen molar-refractivity contribution < 1.29 is 9.72 Å². The van der Waals surface area contributed by atoms with Crippen molar-refractivity contribution in [3.63, 3.8) is 0 Å². The lowest BCUT2D eigenvalue weighted by molar-refractivity contribution is -0.384. The van der Waals surface area contributed by atoms with E-state index in [9.17, 15) is 14.9 Å². The number of carbonyl (C=O) groups excluding carboxylic acids is 1. The standard InChI is InChI=1S/C10H14N4O3.ClH/c11-4-1-5-13-8-3-2-7(10(12)15)6-9(8)14(16)17;/h2-3,6,13H,1,4-5,11H2,(H2,12,15);1H. The van der Waals surface area contributed by atoms with Crippen molar-refractivity contribution in [2.45, 2.75) is 6.42 Å². The Hall–Kier alpha value is -1.86. The van der Waals surface area contributed by atoms with E-state index >= 15 is 0 Å². The molecule has 0 aliphatic rings.